The molecule has 2 amide bonds. The second-order valence-corrected chi connectivity index (χ2v) is 1.45. The van der Waals surface area contributed by atoms with Gasteiger partial charge in [-0.1, -0.05) is 0 Å². The van der Waals surface area contributed by atoms with Gasteiger partial charge in [0.1, 0.15) is 6.73 Å². The van der Waals surface area contributed by atoms with Crippen molar-refractivity contribution in [3.8, 4) is 0 Å². The lowest BCUT2D eigenvalue weighted by atomic mass is 10.8. The number of primary amides is 1. The molecule has 4 heteroatoms. The Morgan fingerprint density at radius 3 is 2.50 bits per heavy atom. The topological polar surface area (TPSA) is 55.6 Å². The van der Waals surface area contributed by atoms with Crippen molar-refractivity contribution in [2.24, 2.45) is 5.73 Å². The van der Waals surface area contributed by atoms with Crippen LogP contribution >= 0.6 is 0 Å². The van der Waals surface area contributed by atoms with Gasteiger partial charge in [-0.05, 0) is 0 Å². The second-order valence-electron chi connectivity index (χ2n) is 1.45. The van der Waals surface area contributed by atoms with Crippen LogP contribution in [0, 0.1) is 0 Å². The Kier molecular flexibility index (Phi) is 2.95. The predicted molar refractivity (Wildman–Crippen MR) is 29.2 cm³/mol. The van der Waals surface area contributed by atoms with Crippen molar-refractivity contribution in [3.63, 3.8) is 0 Å². The Labute approximate surface area is 48.2 Å². The summed E-state index contributed by atoms with van der Waals surface area (Å²) < 4.78 is 4.59. The Hall–Kier alpha value is -0.770. The highest BCUT2D eigenvalue weighted by Crippen LogP contribution is 1.78. The number of carbonyl (C=O) groups excluding carboxylic acids is 1. The molecule has 0 aromatic heterocycles. The van der Waals surface area contributed by atoms with Gasteiger partial charge in [-0.2, -0.15) is 0 Å². The molecule has 0 spiro atoms. The number of nitrogens with two attached hydrogens (primary N) is 1. The molecule has 4 nitrogen and oxygen atoms in total. The van der Waals surface area contributed by atoms with Crippen molar-refractivity contribution in [2.45, 2.75) is 0 Å². The molecule has 0 fully saturated rings. The Morgan fingerprint density at radius 1 is 1.88 bits per heavy atom. The van der Waals surface area contributed by atoms with E-state index in [9.17, 15) is 4.79 Å². The van der Waals surface area contributed by atoms with Crippen LogP contribution in [-0.4, -0.2) is 31.8 Å². The first-order valence-electron chi connectivity index (χ1n) is 2.18. The van der Waals surface area contributed by atoms with Crippen LogP contribution in [0.3, 0.4) is 0 Å². The average Bonchev–Trinajstić information content (AvgIpc) is 1.67. The number of nitrogens with zero attached hydrogens (tertiary/aromatic N) is 1. The van der Waals surface area contributed by atoms with E-state index >= 15 is 0 Å². The van der Waals surface area contributed by atoms with Gasteiger partial charge in [-0.3, -0.25) is 0 Å². The second kappa shape index (κ2) is 3.26. The fourth-order valence-corrected chi connectivity index (χ4v) is 0.257. The van der Waals surface area contributed by atoms with Crippen LogP contribution in [0.1, 0.15) is 0 Å². The van der Waals surface area contributed by atoms with Crippen molar-refractivity contribution in [2.75, 3.05) is 20.9 Å². The van der Waals surface area contributed by atoms with Crippen molar-refractivity contribution < 1.29 is 9.53 Å². The molecule has 0 aliphatic carbocycles. The minimum atomic E-state index is -0.480. The van der Waals surface area contributed by atoms with Crippen LogP contribution in [0.15, 0.2) is 0 Å². The Bertz CT molecular complexity index is 84.1. The average molecular weight is 118 g/mol. The molecule has 0 atom stereocenters. The van der Waals surface area contributed by atoms with Crippen molar-refractivity contribution >= 4 is 6.03 Å². The first-order chi connectivity index (χ1) is 3.68. The van der Waals surface area contributed by atoms with E-state index in [1.807, 2.05) is 0 Å². The van der Waals surface area contributed by atoms with Gasteiger partial charge in [0.25, 0.3) is 0 Å². The number of hydrogen-bond donors (Lipinski definition) is 1. The Balaban J connectivity index is 3.32. The summed E-state index contributed by atoms with van der Waals surface area (Å²) >= 11 is 0. The fourth-order valence-electron chi connectivity index (χ4n) is 0.257. The van der Waals surface area contributed by atoms with Crippen molar-refractivity contribution in [1.29, 1.82) is 0 Å². The summed E-state index contributed by atoms with van der Waals surface area (Å²) in [5, 5.41) is 0. The summed E-state index contributed by atoms with van der Waals surface area (Å²) in [7, 11) is 3.06. The van der Waals surface area contributed by atoms with E-state index in [1.54, 1.807) is 7.05 Å². The molecule has 0 unspecified atom stereocenters. The highest BCUT2D eigenvalue weighted by atomic mass is 16.5. The molecular formula is C4H10N2O2. The predicted octanol–water partition coefficient (Wildman–Crippen LogP) is -0.399. The molecule has 2 N–H and O–H groups in total. The molecule has 0 aliphatic heterocycles. The molecule has 0 aromatic rings. The van der Waals surface area contributed by atoms with Crippen LogP contribution in [0.5, 0.6) is 0 Å². The maximum Gasteiger partial charge on any atom is 0.316 e. The summed E-state index contributed by atoms with van der Waals surface area (Å²) in [4.78, 5) is 11.4. The molecule has 0 saturated carbocycles. The number of rotatable bonds is 2. The van der Waals surface area contributed by atoms with Gasteiger partial charge in [-0.15, -0.1) is 0 Å². The van der Waals surface area contributed by atoms with Crippen LogP contribution in [-0.2, 0) is 4.74 Å². The lowest BCUT2D eigenvalue weighted by molar-refractivity contribution is 0.101. The van der Waals surface area contributed by atoms with Crippen LogP contribution < -0.4 is 5.73 Å². The minimum absolute atomic E-state index is 0.245. The van der Waals surface area contributed by atoms with E-state index in [-0.39, 0.29) is 6.73 Å². The minimum Gasteiger partial charge on any atom is -0.364 e. The van der Waals surface area contributed by atoms with Gasteiger partial charge in [-0.25, -0.2) is 4.79 Å². The summed E-state index contributed by atoms with van der Waals surface area (Å²) in [6.45, 7) is 0.245. The van der Waals surface area contributed by atoms with Gasteiger partial charge in [0.05, 0.1) is 0 Å². The summed E-state index contributed by atoms with van der Waals surface area (Å²) in [6, 6.07) is -0.480. The van der Waals surface area contributed by atoms with Crippen LogP contribution in [0.25, 0.3) is 0 Å². The van der Waals surface area contributed by atoms with Crippen LogP contribution in [0.2, 0.25) is 0 Å². The zero-order valence-corrected chi connectivity index (χ0v) is 5.05. The van der Waals surface area contributed by atoms with E-state index in [1.165, 1.54) is 12.0 Å². The number of carbonyl (C=O) groups is 1. The fraction of sp³-hybridized carbons (Fsp3) is 0.750. The molecule has 0 aliphatic rings. The maximum absolute atomic E-state index is 10.2. The van der Waals surface area contributed by atoms with Gasteiger partial charge < -0.3 is 15.4 Å². The molecule has 0 bridgehead atoms. The van der Waals surface area contributed by atoms with Gasteiger partial charge in [0.15, 0.2) is 0 Å². The lowest BCUT2D eigenvalue weighted by Gasteiger charge is -2.10. The largest absolute Gasteiger partial charge is 0.364 e. The zero-order chi connectivity index (χ0) is 6.57. The highest BCUT2D eigenvalue weighted by Gasteiger charge is 1.98. The van der Waals surface area contributed by atoms with Crippen LogP contribution in [0.4, 0.5) is 4.79 Å². The summed E-state index contributed by atoms with van der Waals surface area (Å²) in [5.41, 5.74) is 4.83. The van der Waals surface area contributed by atoms with Crippen molar-refractivity contribution in [1.82, 2.24) is 4.90 Å². The number of methoxy groups -OCH3 is 1. The SMILES string of the molecule is COCN(C)C(N)=O. The number of amides is 2. The molecule has 48 valence electrons. The van der Waals surface area contributed by atoms with E-state index < -0.39 is 6.03 Å². The third kappa shape index (κ3) is 2.41. The normalized spacial score (nSPS) is 8.75. The zero-order valence-electron chi connectivity index (χ0n) is 5.05. The molecule has 0 radical (unpaired) electrons. The third-order valence-electron chi connectivity index (χ3n) is 0.699. The lowest BCUT2D eigenvalue weighted by Crippen LogP contribution is -2.33. The molecule has 0 heterocycles. The first-order valence-corrected chi connectivity index (χ1v) is 2.18. The molecule has 0 saturated heterocycles. The van der Waals surface area contributed by atoms with E-state index in [0.717, 1.165) is 0 Å². The number of ether oxygens (including phenoxy) is 1. The summed E-state index contributed by atoms with van der Waals surface area (Å²) in [6.07, 6.45) is 0. The molecule has 0 rings (SSSR count). The van der Waals surface area contributed by atoms with E-state index in [2.05, 4.69) is 4.74 Å². The van der Waals surface area contributed by atoms with E-state index in [4.69, 9.17) is 5.73 Å². The third-order valence-corrected chi connectivity index (χ3v) is 0.699. The quantitative estimate of drug-likeness (QED) is 0.501. The standard InChI is InChI=1S/C4H10N2O2/c1-6(3-8-2)4(5)7/h3H2,1-2H3,(H2,5,7). The van der Waals surface area contributed by atoms with Gasteiger partial charge in [0.2, 0.25) is 0 Å². The summed E-state index contributed by atoms with van der Waals surface area (Å²) in [5.74, 6) is 0. The Morgan fingerprint density at radius 2 is 2.38 bits per heavy atom. The molecule has 0 aromatic carbocycles. The monoisotopic (exact) mass is 118 g/mol. The highest BCUT2D eigenvalue weighted by molar-refractivity contribution is 5.71. The smallest absolute Gasteiger partial charge is 0.316 e. The van der Waals surface area contributed by atoms with Gasteiger partial charge >= 0.3 is 6.03 Å². The first kappa shape index (κ1) is 7.23. The molecule has 8 heavy (non-hydrogen) atoms. The van der Waals surface area contributed by atoms with Crippen molar-refractivity contribution in [3.05, 3.63) is 0 Å². The molecular weight excluding hydrogens is 108 g/mol. The van der Waals surface area contributed by atoms with E-state index in [0.29, 0.717) is 0 Å². The van der Waals surface area contributed by atoms with Gasteiger partial charge in [0, 0.05) is 14.2 Å². The number of hydrogen-bond acceptors (Lipinski definition) is 2. The maximum atomic E-state index is 10.2. The number of urea groups is 1.